The van der Waals surface area contributed by atoms with Crippen LogP contribution in [0.1, 0.15) is 36.6 Å². The van der Waals surface area contributed by atoms with Crippen LogP contribution in [0, 0.1) is 13.8 Å². The molecule has 20 heavy (non-hydrogen) atoms. The zero-order valence-corrected chi connectivity index (χ0v) is 12.5. The highest BCUT2D eigenvalue weighted by molar-refractivity contribution is 5.08. The molecule has 6 nitrogen and oxygen atoms in total. The van der Waals surface area contributed by atoms with E-state index in [-0.39, 0.29) is 0 Å². The topological polar surface area (TPSA) is 51.8 Å². The van der Waals surface area contributed by atoms with Gasteiger partial charge < -0.3 is 0 Å². The third-order valence-corrected chi connectivity index (χ3v) is 4.00. The molecule has 3 heterocycles. The second-order valence-electron chi connectivity index (χ2n) is 5.54. The normalized spacial score (nSPS) is 19.9. The van der Waals surface area contributed by atoms with Crippen LogP contribution in [0.4, 0.5) is 0 Å². The molecule has 0 saturated carbocycles. The minimum Gasteiger partial charge on any atom is -0.294 e. The second kappa shape index (κ2) is 5.36. The van der Waals surface area contributed by atoms with E-state index < -0.39 is 0 Å². The van der Waals surface area contributed by atoms with Gasteiger partial charge in [0.1, 0.15) is 12.2 Å². The van der Waals surface area contributed by atoms with Gasteiger partial charge in [0.15, 0.2) is 0 Å². The van der Waals surface area contributed by atoms with Crippen LogP contribution in [0.15, 0.2) is 12.4 Å². The van der Waals surface area contributed by atoms with Crippen molar-refractivity contribution in [2.24, 2.45) is 0 Å². The molecule has 0 aliphatic carbocycles. The number of aryl methyl sites for hydroxylation is 3. The smallest absolute Gasteiger partial charge is 0.140 e. The Morgan fingerprint density at radius 3 is 2.90 bits per heavy atom. The van der Waals surface area contributed by atoms with Crippen LogP contribution in [0.2, 0.25) is 0 Å². The van der Waals surface area contributed by atoms with Gasteiger partial charge in [-0.3, -0.25) is 9.58 Å². The molecule has 1 atom stereocenters. The van der Waals surface area contributed by atoms with Gasteiger partial charge in [-0.25, -0.2) is 9.67 Å². The van der Waals surface area contributed by atoms with E-state index in [0.29, 0.717) is 6.04 Å². The fourth-order valence-electron chi connectivity index (χ4n) is 3.05. The molecular formula is C14H22N6. The number of nitrogens with zero attached hydrogens (tertiary/aromatic N) is 6. The van der Waals surface area contributed by atoms with Gasteiger partial charge >= 0.3 is 0 Å². The Labute approximate surface area is 119 Å². The van der Waals surface area contributed by atoms with Crippen LogP contribution in [0.3, 0.4) is 0 Å². The van der Waals surface area contributed by atoms with Crippen LogP contribution >= 0.6 is 0 Å². The van der Waals surface area contributed by atoms with E-state index in [0.717, 1.165) is 44.1 Å². The molecule has 6 heteroatoms. The molecule has 0 radical (unpaired) electrons. The van der Waals surface area contributed by atoms with Gasteiger partial charge in [0.05, 0.1) is 18.3 Å². The summed E-state index contributed by atoms with van der Waals surface area (Å²) in [5.41, 5.74) is 2.36. The SMILES string of the molecule is CCn1ncnc1CN1CC[C@@H](n2nc(C)cc2C)C1. The molecule has 2 aromatic heterocycles. The molecule has 0 amide bonds. The van der Waals surface area contributed by atoms with Crippen LogP contribution in [0.25, 0.3) is 0 Å². The molecule has 108 valence electrons. The first-order chi connectivity index (χ1) is 9.67. The van der Waals surface area contributed by atoms with Crippen molar-refractivity contribution in [1.29, 1.82) is 0 Å². The molecule has 0 N–H and O–H groups in total. The van der Waals surface area contributed by atoms with Gasteiger partial charge in [0, 0.05) is 25.3 Å². The van der Waals surface area contributed by atoms with Crippen LogP contribution in [0.5, 0.6) is 0 Å². The lowest BCUT2D eigenvalue weighted by molar-refractivity contribution is 0.296. The van der Waals surface area contributed by atoms with E-state index in [2.05, 4.69) is 51.6 Å². The predicted molar refractivity (Wildman–Crippen MR) is 76.3 cm³/mol. The van der Waals surface area contributed by atoms with Crippen molar-refractivity contribution >= 4 is 0 Å². The zero-order valence-electron chi connectivity index (χ0n) is 12.5. The van der Waals surface area contributed by atoms with Crippen LogP contribution in [-0.4, -0.2) is 42.5 Å². The van der Waals surface area contributed by atoms with Crippen LogP contribution < -0.4 is 0 Å². The van der Waals surface area contributed by atoms with Crippen molar-refractivity contribution in [3.05, 3.63) is 29.6 Å². The van der Waals surface area contributed by atoms with Gasteiger partial charge in [-0.1, -0.05) is 0 Å². The van der Waals surface area contributed by atoms with Crippen molar-refractivity contribution in [3.8, 4) is 0 Å². The highest BCUT2D eigenvalue weighted by Gasteiger charge is 2.26. The maximum absolute atomic E-state index is 4.61. The minimum atomic E-state index is 0.488. The minimum absolute atomic E-state index is 0.488. The van der Waals surface area contributed by atoms with Crippen LogP contribution in [-0.2, 0) is 13.1 Å². The Hall–Kier alpha value is -1.69. The molecule has 0 unspecified atom stereocenters. The number of likely N-dealkylation sites (tertiary alicyclic amines) is 1. The molecular weight excluding hydrogens is 252 g/mol. The molecule has 2 aromatic rings. The second-order valence-corrected chi connectivity index (χ2v) is 5.54. The summed E-state index contributed by atoms with van der Waals surface area (Å²) in [6.07, 6.45) is 2.80. The number of rotatable bonds is 4. The average molecular weight is 274 g/mol. The first-order valence-electron chi connectivity index (χ1n) is 7.29. The standard InChI is InChI=1S/C14H22N6/c1-4-19-14(15-10-16-19)9-18-6-5-13(8-18)20-12(3)7-11(2)17-20/h7,10,13H,4-6,8-9H2,1-3H3/t13-/m1/s1. The Kier molecular flexibility index (Phi) is 3.56. The number of aromatic nitrogens is 5. The monoisotopic (exact) mass is 274 g/mol. The highest BCUT2D eigenvalue weighted by Crippen LogP contribution is 2.24. The van der Waals surface area contributed by atoms with E-state index in [1.165, 1.54) is 5.69 Å². The third kappa shape index (κ3) is 2.47. The molecule has 1 saturated heterocycles. The van der Waals surface area contributed by atoms with Gasteiger partial charge in [-0.15, -0.1) is 0 Å². The molecule has 1 aliphatic rings. The quantitative estimate of drug-likeness (QED) is 0.849. The van der Waals surface area contributed by atoms with E-state index in [9.17, 15) is 0 Å². The number of hydrogen-bond acceptors (Lipinski definition) is 4. The van der Waals surface area contributed by atoms with Gasteiger partial charge in [-0.2, -0.15) is 10.2 Å². The Morgan fingerprint density at radius 2 is 2.20 bits per heavy atom. The fraction of sp³-hybridized carbons (Fsp3) is 0.643. The molecule has 1 fully saturated rings. The average Bonchev–Trinajstić information content (AvgIpc) is 3.10. The Morgan fingerprint density at radius 1 is 1.35 bits per heavy atom. The van der Waals surface area contributed by atoms with Gasteiger partial charge in [0.25, 0.3) is 0 Å². The summed E-state index contributed by atoms with van der Waals surface area (Å²) in [6.45, 7) is 10.2. The van der Waals surface area contributed by atoms with E-state index >= 15 is 0 Å². The van der Waals surface area contributed by atoms with E-state index in [1.807, 2.05) is 4.68 Å². The van der Waals surface area contributed by atoms with Gasteiger partial charge in [-0.05, 0) is 33.3 Å². The molecule has 3 rings (SSSR count). The highest BCUT2D eigenvalue weighted by atomic mass is 15.4. The summed E-state index contributed by atoms with van der Waals surface area (Å²) < 4.78 is 4.15. The van der Waals surface area contributed by atoms with E-state index in [4.69, 9.17) is 0 Å². The van der Waals surface area contributed by atoms with Gasteiger partial charge in [0.2, 0.25) is 0 Å². The third-order valence-electron chi connectivity index (χ3n) is 4.00. The number of hydrogen-bond donors (Lipinski definition) is 0. The largest absolute Gasteiger partial charge is 0.294 e. The molecule has 1 aliphatic heterocycles. The van der Waals surface area contributed by atoms with Crippen molar-refractivity contribution in [1.82, 2.24) is 29.4 Å². The summed E-state index contributed by atoms with van der Waals surface area (Å²) in [6, 6.07) is 2.64. The fourth-order valence-corrected chi connectivity index (χ4v) is 3.05. The summed E-state index contributed by atoms with van der Waals surface area (Å²) in [4.78, 5) is 6.80. The summed E-state index contributed by atoms with van der Waals surface area (Å²) >= 11 is 0. The summed E-state index contributed by atoms with van der Waals surface area (Å²) in [5, 5.41) is 8.85. The Bertz CT molecular complexity index is 584. The first kappa shape index (κ1) is 13.3. The predicted octanol–water partition coefficient (Wildman–Crippen LogP) is 1.56. The molecule has 0 aromatic carbocycles. The lowest BCUT2D eigenvalue weighted by Gasteiger charge is -2.16. The molecule has 0 spiro atoms. The van der Waals surface area contributed by atoms with Crippen molar-refractivity contribution < 1.29 is 0 Å². The first-order valence-corrected chi connectivity index (χ1v) is 7.29. The maximum Gasteiger partial charge on any atom is 0.140 e. The van der Waals surface area contributed by atoms with Crippen molar-refractivity contribution in [2.45, 2.75) is 46.3 Å². The van der Waals surface area contributed by atoms with E-state index in [1.54, 1.807) is 6.33 Å². The Balaban J connectivity index is 1.66. The summed E-state index contributed by atoms with van der Waals surface area (Å²) in [5.74, 6) is 1.06. The maximum atomic E-state index is 4.61. The van der Waals surface area contributed by atoms with Crippen molar-refractivity contribution in [2.75, 3.05) is 13.1 Å². The lowest BCUT2D eigenvalue weighted by Crippen LogP contribution is -2.24. The lowest BCUT2D eigenvalue weighted by atomic mass is 10.2. The van der Waals surface area contributed by atoms with Crippen molar-refractivity contribution in [3.63, 3.8) is 0 Å². The zero-order chi connectivity index (χ0) is 14.1. The summed E-state index contributed by atoms with van der Waals surface area (Å²) in [7, 11) is 0. The molecule has 0 bridgehead atoms.